The Hall–Kier alpha value is -2.72. The van der Waals surface area contributed by atoms with Crippen molar-refractivity contribution in [1.82, 2.24) is 29.9 Å². The molecule has 0 aliphatic carbocycles. The molecule has 3 aromatic rings. The molecule has 2 aromatic heterocycles. The van der Waals surface area contributed by atoms with Gasteiger partial charge in [0.05, 0.1) is 17.5 Å². The van der Waals surface area contributed by atoms with E-state index in [0.717, 1.165) is 36.6 Å². The summed E-state index contributed by atoms with van der Waals surface area (Å²) in [7, 11) is 0. The molecule has 33 heavy (non-hydrogen) atoms. The lowest BCUT2D eigenvalue weighted by Gasteiger charge is -2.13. The number of benzene rings is 1. The maximum atomic E-state index is 14.6. The topological polar surface area (TPSA) is 86.9 Å². The highest BCUT2D eigenvalue weighted by Gasteiger charge is 2.21. The third kappa shape index (κ3) is 6.00. The summed E-state index contributed by atoms with van der Waals surface area (Å²) < 4.78 is 23.9. The predicted octanol–water partition coefficient (Wildman–Crippen LogP) is 3.24. The minimum atomic E-state index is -0.341. The molecule has 1 N–H and O–H groups in total. The summed E-state index contributed by atoms with van der Waals surface area (Å²) >= 11 is 1.52. The molecule has 1 unspecified atom stereocenters. The molecule has 176 valence electrons. The number of hydrogen-bond acceptors (Lipinski definition) is 6. The van der Waals surface area contributed by atoms with Crippen molar-refractivity contribution in [2.75, 3.05) is 18.9 Å². The fourth-order valence-electron chi connectivity index (χ4n) is 3.88. The van der Waals surface area contributed by atoms with Crippen LogP contribution in [0, 0.1) is 19.7 Å². The molecule has 1 aliphatic rings. The van der Waals surface area contributed by atoms with Crippen molar-refractivity contribution in [3.63, 3.8) is 0 Å². The van der Waals surface area contributed by atoms with Gasteiger partial charge >= 0.3 is 0 Å². The maximum Gasteiger partial charge on any atom is 0.221 e. The third-order valence-electron chi connectivity index (χ3n) is 5.54. The van der Waals surface area contributed by atoms with E-state index in [1.165, 1.54) is 17.8 Å². The first-order valence-electron chi connectivity index (χ1n) is 11.2. The van der Waals surface area contributed by atoms with Crippen LogP contribution in [0.15, 0.2) is 35.5 Å². The third-order valence-corrected chi connectivity index (χ3v) is 6.60. The van der Waals surface area contributed by atoms with E-state index in [4.69, 9.17) is 4.74 Å². The molecule has 0 spiro atoms. The van der Waals surface area contributed by atoms with Crippen molar-refractivity contribution in [3.8, 4) is 5.69 Å². The van der Waals surface area contributed by atoms with Gasteiger partial charge in [-0.05, 0) is 44.9 Å². The number of nitrogens with zero attached hydrogens (tertiary/aromatic N) is 5. The van der Waals surface area contributed by atoms with Crippen LogP contribution in [0.25, 0.3) is 5.69 Å². The molecule has 8 nitrogen and oxygen atoms in total. The largest absolute Gasteiger partial charge is 0.377 e. The van der Waals surface area contributed by atoms with Crippen LogP contribution in [0.3, 0.4) is 0 Å². The summed E-state index contributed by atoms with van der Waals surface area (Å²) in [5.74, 6) is 0.947. The number of ether oxygens (including phenoxy) is 1. The number of amides is 1. The van der Waals surface area contributed by atoms with Crippen molar-refractivity contribution in [3.05, 3.63) is 53.4 Å². The highest BCUT2D eigenvalue weighted by Crippen LogP contribution is 2.27. The number of nitrogens with one attached hydrogen (secondary N) is 1. The first-order valence-corrected chi connectivity index (χ1v) is 12.2. The van der Waals surface area contributed by atoms with E-state index in [-0.39, 0.29) is 17.8 Å². The normalized spacial score (nSPS) is 15.8. The van der Waals surface area contributed by atoms with E-state index >= 15 is 0 Å². The molecule has 10 heteroatoms. The molecule has 1 aliphatic heterocycles. The van der Waals surface area contributed by atoms with Gasteiger partial charge in [-0.1, -0.05) is 23.9 Å². The van der Waals surface area contributed by atoms with E-state index in [0.29, 0.717) is 42.6 Å². The predicted molar refractivity (Wildman–Crippen MR) is 124 cm³/mol. The van der Waals surface area contributed by atoms with Crippen LogP contribution in [0.5, 0.6) is 0 Å². The smallest absolute Gasteiger partial charge is 0.221 e. The summed E-state index contributed by atoms with van der Waals surface area (Å²) in [5, 5.41) is 16.5. The first kappa shape index (κ1) is 23.4. The molecule has 1 saturated heterocycles. The Labute approximate surface area is 196 Å². The average molecular weight is 473 g/mol. The maximum absolute atomic E-state index is 14.6. The van der Waals surface area contributed by atoms with Gasteiger partial charge in [-0.15, -0.1) is 10.2 Å². The van der Waals surface area contributed by atoms with Crippen molar-refractivity contribution in [2.24, 2.45) is 0 Å². The number of aryl methyl sites for hydroxylation is 3. The van der Waals surface area contributed by atoms with E-state index in [1.807, 2.05) is 24.6 Å². The van der Waals surface area contributed by atoms with Crippen molar-refractivity contribution in [1.29, 1.82) is 0 Å². The molecule has 0 bridgehead atoms. The molecule has 1 atom stereocenters. The Bertz CT molecular complexity index is 1090. The minimum absolute atomic E-state index is 0.0625. The molecule has 1 amide bonds. The van der Waals surface area contributed by atoms with Gasteiger partial charge in [-0.2, -0.15) is 5.10 Å². The molecule has 4 rings (SSSR count). The van der Waals surface area contributed by atoms with Crippen LogP contribution in [0.2, 0.25) is 0 Å². The van der Waals surface area contributed by atoms with E-state index in [1.54, 1.807) is 22.8 Å². The van der Waals surface area contributed by atoms with Gasteiger partial charge in [0.1, 0.15) is 11.6 Å². The van der Waals surface area contributed by atoms with Crippen molar-refractivity contribution < 1.29 is 13.9 Å². The molecule has 0 radical (unpaired) electrons. The zero-order valence-electron chi connectivity index (χ0n) is 19.0. The van der Waals surface area contributed by atoms with E-state index < -0.39 is 0 Å². The second kappa shape index (κ2) is 10.9. The summed E-state index contributed by atoms with van der Waals surface area (Å²) in [6.45, 7) is 5.61. The van der Waals surface area contributed by atoms with Crippen LogP contribution in [0.4, 0.5) is 4.39 Å². The number of hydrogen-bond donors (Lipinski definition) is 1. The molecule has 0 saturated carbocycles. The minimum Gasteiger partial charge on any atom is -0.377 e. The second-order valence-corrected chi connectivity index (χ2v) is 9.12. The fraction of sp³-hybridized carbons (Fsp3) is 0.478. The van der Waals surface area contributed by atoms with E-state index in [2.05, 4.69) is 20.6 Å². The number of halogens is 1. The van der Waals surface area contributed by atoms with Gasteiger partial charge in [-0.3, -0.25) is 14.0 Å². The Kier molecular flexibility index (Phi) is 7.77. The summed E-state index contributed by atoms with van der Waals surface area (Å²) in [6.07, 6.45) is 3.05. The van der Waals surface area contributed by atoms with Crippen LogP contribution in [-0.4, -0.2) is 55.5 Å². The lowest BCUT2D eigenvalue weighted by molar-refractivity contribution is -0.121. The molecule has 1 fully saturated rings. The van der Waals surface area contributed by atoms with Gasteiger partial charge in [0.2, 0.25) is 5.91 Å². The molecule has 1 aromatic carbocycles. The Morgan fingerprint density at radius 2 is 2.15 bits per heavy atom. The summed E-state index contributed by atoms with van der Waals surface area (Å²) in [5.41, 5.74) is 2.38. The van der Waals surface area contributed by atoms with Gasteiger partial charge in [0, 0.05) is 44.0 Å². The van der Waals surface area contributed by atoms with Gasteiger partial charge < -0.3 is 10.1 Å². The molecular formula is C23H29FN6O2S. The number of rotatable bonds is 10. The fourth-order valence-corrected chi connectivity index (χ4v) is 4.91. The van der Waals surface area contributed by atoms with Crippen LogP contribution < -0.4 is 5.32 Å². The average Bonchev–Trinajstić information content (AvgIpc) is 3.52. The lowest BCUT2D eigenvalue weighted by atomic mass is 10.3. The first-order chi connectivity index (χ1) is 16.0. The monoisotopic (exact) mass is 472 g/mol. The van der Waals surface area contributed by atoms with Gasteiger partial charge in [0.25, 0.3) is 0 Å². The lowest BCUT2D eigenvalue weighted by Crippen LogP contribution is -2.27. The quantitative estimate of drug-likeness (QED) is 0.456. The van der Waals surface area contributed by atoms with Gasteiger partial charge in [0.15, 0.2) is 5.16 Å². The van der Waals surface area contributed by atoms with Crippen LogP contribution >= 0.6 is 11.8 Å². The Balaban J connectivity index is 1.38. The summed E-state index contributed by atoms with van der Waals surface area (Å²) in [4.78, 5) is 12.3. The van der Waals surface area contributed by atoms with Crippen LogP contribution in [0.1, 0.15) is 36.5 Å². The number of carbonyl (C=O) groups is 1. The van der Waals surface area contributed by atoms with Crippen molar-refractivity contribution in [2.45, 2.75) is 57.3 Å². The summed E-state index contributed by atoms with van der Waals surface area (Å²) in [6, 6.07) is 8.57. The number of aromatic nitrogens is 5. The molecular weight excluding hydrogens is 443 g/mol. The standard InChI is InChI=1S/C23H29FN6O2S/c1-16-14-17(2)29(28-16)12-10-22(31)25-11-9-21-26-27-23(33-15-18-6-5-13-32-18)30(21)20-8-4-3-7-19(20)24/h3-4,7-8,14,18H,5-6,9-13,15H2,1-2H3,(H,25,31). The molecule has 3 heterocycles. The zero-order valence-corrected chi connectivity index (χ0v) is 19.8. The van der Waals surface area contributed by atoms with Crippen molar-refractivity contribution >= 4 is 17.7 Å². The number of thioether (sulfide) groups is 1. The zero-order chi connectivity index (χ0) is 23.2. The van der Waals surface area contributed by atoms with E-state index in [9.17, 15) is 9.18 Å². The van der Waals surface area contributed by atoms with Crippen LogP contribution in [-0.2, 0) is 22.5 Å². The number of para-hydroxylation sites is 1. The van der Waals surface area contributed by atoms with Gasteiger partial charge in [-0.25, -0.2) is 4.39 Å². The highest BCUT2D eigenvalue weighted by molar-refractivity contribution is 7.99. The Morgan fingerprint density at radius 1 is 1.30 bits per heavy atom. The Morgan fingerprint density at radius 3 is 2.88 bits per heavy atom. The second-order valence-electron chi connectivity index (χ2n) is 8.13. The SMILES string of the molecule is Cc1cc(C)n(CCC(=O)NCCc2nnc(SCC3CCCO3)n2-c2ccccc2F)n1. The highest BCUT2D eigenvalue weighted by atomic mass is 32.2. The number of carbonyl (C=O) groups excluding carboxylic acids is 1.